The molecule has 1 aliphatic carbocycles. The van der Waals surface area contributed by atoms with Crippen molar-refractivity contribution in [3.8, 4) is 0 Å². The van der Waals surface area contributed by atoms with E-state index in [9.17, 15) is 0 Å². The standard InChI is InChI=1S/C14H12ClN/c15-12-7-6-11(9-12)13-5-1-3-10-4-2-8-16-14(10)13/h1-5,8-9,12H,6-7H2. The van der Waals surface area contributed by atoms with Gasteiger partial charge in [-0.05, 0) is 24.5 Å². The van der Waals surface area contributed by atoms with Gasteiger partial charge in [-0.3, -0.25) is 4.98 Å². The highest BCUT2D eigenvalue weighted by Gasteiger charge is 2.16. The quantitative estimate of drug-likeness (QED) is 0.673. The zero-order valence-electron chi connectivity index (χ0n) is 8.86. The van der Waals surface area contributed by atoms with Crippen molar-refractivity contribution in [1.82, 2.24) is 4.98 Å². The molecule has 0 N–H and O–H groups in total. The van der Waals surface area contributed by atoms with Gasteiger partial charge in [-0.25, -0.2) is 0 Å². The van der Waals surface area contributed by atoms with Gasteiger partial charge in [-0.1, -0.05) is 30.3 Å². The van der Waals surface area contributed by atoms with Crippen LogP contribution in [0.25, 0.3) is 16.5 Å². The summed E-state index contributed by atoms with van der Waals surface area (Å²) in [4.78, 5) is 4.47. The molecule has 0 amide bonds. The average molecular weight is 230 g/mol. The van der Waals surface area contributed by atoms with Crippen molar-refractivity contribution < 1.29 is 0 Å². The second-order valence-electron chi connectivity index (χ2n) is 4.13. The summed E-state index contributed by atoms with van der Waals surface area (Å²) in [6, 6.07) is 10.4. The molecule has 0 radical (unpaired) electrons. The third-order valence-electron chi connectivity index (χ3n) is 3.05. The van der Waals surface area contributed by atoms with Crippen LogP contribution in [0, 0.1) is 0 Å². The molecule has 16 heavy (non-hydrogen) atoms. The van der Waals surface area contributed by atoms with Crippen molar-refractivity contribution in [2.75, 3.05) is 0 Å². The molecule has 0 aliphatic heterocycles. The Labute approximate surface area is 99.8 Å². The Balaban J connectivity index is 2.20. The Kier molecular flexibility index (Phi) is 2.41. The van der Waals surface area contributed by atoms with Crippen LogP contribution in [-0.4, -0.2) is 10.4 Å². The molecule has 2 heteroatoms. The molecule has 1 unspecified atom stereocenters. The summed E-state index contributed by atoms with van der Waals surface area (Å²) in [5.41, 5.74) is 3.66. The lowest BCUT2D eigenvalue weighted by molar-refractivity contribution is 0.942. The number of alkyl halides is 1. The summed E-state index contributed by atoms with van der Waals surface area (Å²) < 4.78 is 0. The molecule has 0 fully saturated rings. The molecule has 1 aromatic heterocycles. The zero-order chi connectivity index (χ0) is 11.0. The molecule has 1 atom stereocenters. The van der Waals surface area contributed by atoms with Crippen molar-refractivity contribution in [2.24, 2.45) is 0 Å². The topological polar surface area (TPSA) is 12.9 Å². The number of fused-ring (bicyclic) bond motifs is 1. The number of nitrogens with zero attached hydrogens (tertiary/aromatic N) is 1. The van der Waals surface area contributed by atoms with Gasteiger partial charge in [0.15, 0.2) is 0 Å². The van der Waals surface area contributed by atoms with Crippen LogP contribution in [-0.2, 0) is 0 Å². The molecule has 1 aromatic carbocycles. The second-order valence-corrected chi connectivity index (χ2v) is 4.69. The van der Waals surface area contributed by atoms with Crippen molar-refractivity contribution >= 4 is 28.1 Å². The number of hydrogen-bond acceptors (Lipinski definition) is 1. The van der Waals surface area contributed by atoms with E-state index in [1.54, 1.807) is 0 Å². The molecule has 0 bridgehead atoms. The third kappa shape index (κ3) is 1.61. The third-order valence-corrected chi connectivity index (χ3v) is 3.39. The van der Waals surface area contributed by atoms with E-state index in [4.69, 9.17) is 11.6 Å². The van der Waals surface area contributed by atoms with Gasteiger partial charge >= 0.3 is 0 Å². The van der Waals surface area contributed by atoms with Gasteiger partial charge in [0.2, 0.25) is 0 Å². The highest BCUT2D eigenvalue weighted by Crippen LogP contribution is 2.33. The normalized spacial score (nSPS) is 20.1. The first-order chi connectivity index (χ1) is 7.84. The SMILES string of the molecule is ClC1C=C(c2cccc3cccnc23)CC1. The predicted molar refractivity (Wildman–Crippen MR) is 68.6 cm³/mol. The fourth-order valence-corrected chi connectivity index (χ4v) is 2.53. The van der Waals surface area contributed by atoms with Gasteiger partial charge in [-0.15, -0.1) is 11.6 Å². The molecule has 0 spiro atoms. The molecule has 0 saturated heterocycles. The summed E-state index contributed by atoms with van der Waals surface area (Å²) in [7, 11) is 0. The fourth-order valence-electron chi connectivity index (χ4n) is 2.27. The van der Waals surface area contributed by atoms with Gasteiger partial charge in [0.25, 0.3) is 0 Å². The minimum Gasteiger partial charge on any atom is -0.256 e. The van der Waals surface area contributed by atoms with Crippen molar-refractivity contribution in [1.29, 1.82) is 0 Å². The van der Waals surface area contributed by atoms with Crippen molar-refractivity contribution in [3.63, 3.8) is 0 Å². The number of rotatable bonds is 1. The van der Waals surface area contributed by atoms with Crippen LogP contribution >= 0.6 is 11.6 Å². The maximum absolute atomic E-state index is 6.11. The Hall–Kier alpha value is -1.34. The van der Waals surface area contributed by atoms with Gasteiger partial charge < -0.3 is 0 Å². The van der Waals surface area contributed by atoms with E-state index in [0.717, 1.165) is 18.4 Å². The summed E-state index contributed by atoms with van der Waals surface area (Å²) in [6.45, 7) is 0. The molecular formula is C14H12ClN. The molecule has 2 aromatic rings. The maximum Gasteiger partial charge on any atom is 0.0776 e. The maximum atomic E-state index is 6.11. The Bertz CT molecular complexity index is 554. The minimum absolute atomic E-state index is 0.189. The van der Waals surface area contributed by atoms with Crippen LogP contribution in [0.4, 0.5) is 0 Å². The highest BCUT2D eigenvalue weighted by molar-refractivity contribution is 6.22. The van der Waals surface area contributed by atoms with E-state index in [1.807, 2.05) is 12.3 Å². The molecule has 80 valence electrons. The predicted octanol–water partition coefficient (Wildman–Crippen LogP) is 4.02. The van der Waals surface area contributed by atoms with E-state index in [2.05, 4.69) is 35.3 Å². The Morgan fingerprint density at radius 1 is 1.19 bits per heavy atom. The number of aromatic nitrogens is 1. The first-order valence-electron chi connectivity index (χ1n) is 5.53. The summed E-state index contributed by atoms with van der Waals surface area (Å²) in [5.74, 6) is 0. The van der Waals surface area contributed by atoms with E-state index < -0.39 is 0 Å². The number of pyridine rings is 1. The first-order valence-corrected chi connectivity index (χ1v) is 5.97. The summed E-state index contributed by atoms with van der Waals surface area (Å²) in [5, 5.41) is 1.38. The minimum atomic E-state index is 0.189. The van der Waals surface area contributed by atoms with Gasteiger partial charge in [0.1, 0.15) is 0 Å². The number of hydrogen-bond donors (Lipinski definition) is 0. The van der Waals surface area contributed by atoms with E-state index >= 15 is 0 Å². The van der Waals surface area contributed by atoms with Crippen LogP contribution in [0.5, 0.6) is 0 Å². The largest absolute Gasteiger partial charge is 0.256 e. The highest BCUT2D eigenvalue weighted by atomic mass is 35.5. The van der Waals surface area contributed by atoms with Crippen LogP contribution in [0.3, 0.4) is 0 Å². The lowest BCUT2D eigenvalue weighted by Gasteiger charge is -2.05. The molecule has 0 saturated carbocycles. The zero-order valence-corrected chi connectivity index (χ0v) is 9.61. The number of allylic oxidation sites excluding steroid dienone is 2. The van der Waals surface area contributed by atoms with Crippen LogP contribution in [0.15, 0.2) is 42.6 Å². The van der Waals surface area contributed by atoms with Gasteiger partial charge in [0, 0.05) is 17.1 Å². The Morgan fingerprint density at radius 2 is 2.06 bits per heavy atom. The van der Waals surface area contributed by atoms with Crippen LogP contribution < -0.4 is 0 Å². The molecule has 1 aliphatic rings. The Morgan fingerprint density at radius 3 is 2.88 bits per heavy atom. The van der Waals surface area contributed by atoms with Crippen LogP contribution in [0.1, 0.15) is 18.4 Å². The molecule has 1 heterocycles. The van der Waals surface area contributed by atoms with Crippen molar-refractivity contribution in [3.05, 3.63) is 48.2 Å². The lowest BCUT2D eigenvalue weighted by Crippen LogP contribution is -1.86. The van der Waals surface area contributed by atoms with Gasteiger partial charge in [0.05, 0.1) is 10.9 Å². The molecule has 3 rings (SSSR count). The lowest BCUT2D eigenvalue weighted by atomic mass is 10.0. The van der Waals surface area contributed by atoms with Crippen LogP contribution in [0.2, 0.25) is 0 Å². The monoisotopic (exact) mass is 229 g/mol. The molecular weight excluding hydrogens is 218 g/mol. The summed E-state index contributed by atoms with van der Waals surface area (Å²) in [6.07, 6.45) is 6.11. The molecule has 1 nitrogen and oxygen atoms in total. The first kappa shape index (κ1) is 9.86. The number of para-hydroxylation sites is 1. The van der Waals surface area contributed by atoms with E-state index in [-0.39, 0.29) is 5.38 Å². The smallest absolute Gasteiger partial charge is 0.0776 e. The van der Waals surface area contributed by atoms with E-state index in [1.165, 1.54) is 16.5 Å². The average Bonchev–Trinajstić information content (AvgIpc) is 2.75. The second kappa shape index (κ2) is 3.91. The number of halogens is 1. The van der Waals surface area contributed by atoms with E-state index in [0.29, 0.717) is 0 Å². The number of benzene rings is 1. The fraction of sp³-hybridized carbons (Fsp3) is 0.214. The van der Waals surface area contributed by atoms with Crippen molar-refractivity contribution in [2.45, 2.75) is 18.2 Å². The van der Waals surface area contributed by atoms with Gasteiger partial charge in [-0.2, -0.15) is 0 Å². The summed E-state index contributed by atoms with van der Waals surface area (Å²) >= 11 is 6.11.